The summed E-state index contributed by atoms with van der Waals surface area (Å²) in [6, 6.07) is 137. The van der Waals surface area contributed by atoms with Crippen molar-refractivity contribution in [2.75, 3.05) is 0 Å². The lowest BCUT2D eigenvalue weighted by Gasteiger charge is -2.11. The maximum atomic E-state index is 6.24. The Morgan fingerprint density at radius 1 is 0.159 bits per heavy atom. The minimum absolute atomic E-state index is 0.526. The molecule has 0 fully saturated rings. The third kappa shape index (κ3) is 13.6. The van der Waals surface area contributed by atoms with Gasteiger partial charge in [-0.2, -0.15) is 0 Å². The van der Waals surface area contributed by atoms with Gasteiger partial charge in [-0.1, -0.05) is 291 Å². The molecule has 15 aromatic carbocycles. The topological polar surface area (TPSA) is 183 Å². The van der Waals surface area contributed by atoms with Crippen molar-refractivity contribution >= 4 is 131 Å². The highest BCUT2D eigenvalue weighted by molar-refractivity contribution is 6.20. The summed E-state index contributed by atoms with van der Waals surface area (Å²) in [6.07, 6.45) is 9.24. The van der Waals surface area contributed by atoms with Gasteiger partial charge in [0.2, 0.25) is 5.95 Å². The Hall–Kier alpha value is -18.3. The molecule has 16 heteroatoms. The number of fused-ring (bicyclic) bond motifs is 18. The van der Waals surface area contributed by atoms with Crippen LogP contribution in [0.2, 0.25) is 0 Å². The maximum Gasteiger partial charge on any atom is 0.234 e. The van der Waals surface area contributed by atoms with Gasteiger partial charge in [0, 0.05) is 128 Å². The first-order valence-electron chi connectivity index (χ1n) is 43.7. The van der Waals surface area contributed by atoms with E-state index in [2.05, 4.69) is 220 Å². The number of nitrogens with zero attached hydrogens (tertiary/aromatic N) is 13. The Labute approximate surface area is 753 Å². The van der Waals surface area contributed by atoms with Crippen molar-refractivity contribution < 1.29 is 13.3 Å². The monoisotopic (exact) mass is 1690 g/mol. The lowest BCUT2D eigenvalue weighted by atomic mass is 10.0. The van der Waals surface area contributed by atoms with Gasteiger partial charge in [0.15, 0.2) is 17.5 Å². The number of furan rings is 3. The number of rotatable bonds is 12. The Balaban J connectivity index is 0.000000106. The van der Waals surface area contributed by atoms with E-state index in [4.69, 9.17) is 63.1 Å². The summed E-state index contributed by atoms with van der Waals surface area (Å²) in [5.74, 6) is 3.36. The van der Waals surface area contributed by atoms with Crippen molar-refractivity contribution in [2.45, 2.75) is 0 Å². The van der Waals surface area contributed by atoms with Crippen LogP contribution in [-0.2, 0) is 0 Å². The number of hydrogen-bond acceptors (Lipinski definition) is 13. The zero-order valence-electron chi connectivity index (χ0n) is 70.5. The second-order valence-electron chi connectivity index (χ2n) is 32.6. The fourth-order valence-electron chi connectivity index (χ4n) is 18.4. The molecule has 0 radical (unpaired) electrons. The number of benzene rings is 15. The van der Waals surface area contributed by atoms with E-state index in [1.54, 1.807) is 12.4 Å². The average Bonchev–Trinajstić information content (AvgIpc) is 1.58. The van der Waals surface area contributed by atoms with Crippen LogP contribution in [0.1, 0.15) is 0 Å². The van der Waals surface area contributed by atoms with Gasteiger partial charge in [-0.25, -0.2) is 49.8 Å². The fraction of sp³-hybridized carbons (Fsp3) is 0. The van der Waals surface area contributed by atoms with Crippen molar-refractivity contribution in [3.8, 4) is 119 Å². The standard InChI is InChI=1S/C40H25N3O.2C38H23N5O/c1-3-11-26(12-4-1)34-21-29(22-35(42-34)27-13-5-2-6-14-27)28-19-20-40(41-25-28)43-36-17-9-7-15-30(36)32-24-39-33(23-37(32)43)31-16-8-10-18-38(31)44-39;1-3-11-24(12-4-1)31-21-32(42-37(41-31)25-13-5-2-6-14-25)26-22-39-38(40-23-26)43-33-17-9-7-15-27(33)29-20-36-30(19-34(29)43)28-16-8-10-18-35(28)44-36;1-3-11-24(12-4-1)30-21-31(25-13-5-2-6-14-25)42-38(41-30)32-22-40-37(23-39-32)43-33-17-9-7-15-26(33)28-20-36-29(19-34(28)43)27-16-8-10-18-35(27)44-36/h1-25H;2*1-23H. The normalized spacial score (nSPS) is 11.6. The van der Waals surface area contributed by atoms with Crippen molar-refractivity contribution in [1.29, 1.82) is 0 Å². The van der Waals surface area contributed by atoms with E-state index in [1.807, 2.05) is 213 Å². The fourth-order valence-corrected chi connectivity index (χ4v) is 18.4. The molecule has 0 aliphatic carbocycles. The average molecular weight is 1690 g/mol. The molecule has 16 nitrogen and oxygen atoms in total. The van der Waals surface area contributed by atoms with Gasteiger partial charge >= 0.3 is 0 Å². The number of aromatic nitrogens is 13. The summed E-state index contributed by atoms with van der Waals surface area (Å²) in [5, 5.41) is 13.3. The quantitative estimate of drug-likeness (QED) is 0.113. The van der Waals surface area contributed by atoms with Crippen LogP contribution in [0, 0.1) is 0 Å². The van der Waals surface area contributed by atoms with Crippen molar-refractivity contribution in [3.63, 3.8) is 0 Å². The lowest BCUT2D eigenvalue weighted by molar-refractivity contribution is 0.669. The molecular weight excluding hydrogens is 1620 g/mol. The molecule has 618 valence electrons. The van der Waals surface area contributed by atoms with Gasteiger partial charge < -0.3 is 13.3 Å². The highest BCUT2D eigenvalue weighted by Gasteiger charge is 2.24. The summed E-state index contributed by atoms with van der Waals surface area (Å²) >= 11 is 0. The van der Waals surface area contributed by atoms with Gasteiger partial charge in [0.25, 0.3) is 0 Å². The molecule has 27 rings (SSSR count). The van der Waals surface area contributed by atoms with E-state index < -0.39 is 0 Å². The summed E-state index contributed by atoms with van der Waals surface area (Å²) in [5.41, 5.74) is 26.5. The molecule has 12 aromatic heterocycles. The molecule has 0 amide bonds. The predicted octanol–water partition coefficient (Wildman–Crippen LogP) is 29.0. The summed E-state index contributed by atoms with van der Waals surface area (Å²) < 4.78 is 25.2. The van der Waals surface area contributed by atoms with Gasteiger partial charge in [-0.05, 0) is 115 Å². The molecule has 0 unspecified atom stereocenters. The summed E-state index contributed by atoms with van der Waals surface area (Å²) in [7, 11) is 0. The first-order chi connectivity index (χ1) is 65.4. The number of hydrogen-bond donors (Lipinski definition) is 0. The Kier molecular flexibility index (Phi) is 18.5. The van der Waals surface area contributed by atoms with Crippen LogP contribution in [0.25, 0.3) is 250 Å². The van der Waals surface area contributed by atoms with Gasteiger partial charge in [-0.3, -0.25) is 13.7 Å². The van der Waals surface area contributed by atoms with Crippen LogP contribution in [0.5, 0.6) is 0 Å². The van der Waals surface area contributed by atoms with E-state index >= 15 is 0 Å². The van der Waals surface area contributed by atoms with E-state index in [1.165, 1.54) is 5.39 Å². The minimum atomic E-state index is 0.526. The SMILES string of the molecule is c1ccc(-c2cc(-c3ccc(-n4c5ccccc5c5cc6oc7ccccc7c6cc54)nc3)cc(-c3ccccc3)n2)cc1.c1ccc(-c2cc(-c3ccccc3)nc(-c3cnc(-n4c5ccccc5c5cc6oc7ccccc7c6cc54)cn3)n2)cc1.c1ccc(-c2cc(-c3cnc(-n4c5ccccc5c5cc6oc7ccccc7c6cc54)nc3)nc(-c3ccccc3)n2)cc1. The van der Waals surface area contributed by atoms with Crippen LogP contribution >= 0.6 is 0 Å². The molecule has 27 aromatic rings. The summed E-state index contributed by atoms with van der Waals surface area (Å²) in [6.45, 7) is 0. The molecule has 0 saturated heterocycles. The number of pyridine rings is 2. The zero-order chi connectivity index (χ0) is 87.1. The van der Waals surface area contributed by atoms with Gasteiger partial charge in [0.05, 0.1) is 79.7 Å². The molecule has 12 heterocycles. The predicted molar refractivity (Wildman–Crippen MR) is 531 cm³/mol. The second-order valence-corrected chi connectivity index (χ2v) is 32.6. The van der Waals surface area contributed by atoms with E-state index in [0.29, 0.717) is 23.3 Å². The highest BCUT2D eigenvalue weighted by atomic mass is 16.3. The van der Waals surface area contributed by atoms with Crippen LogP contribution in [0.4, 0.5) is 0 Å². The first kappa shape index (κ1) is 76.2. The van der Waals surface area contributed by atoms with Crippen LogP contribution in [0.3, 0.4) is 0 Å². The van der Waals surface area contributed by atoms with E-state index in [9.17, 15) is 0 Å². The smallest absolute Gasteiger partial charge is 0.234 e. The molecule has 0 aliphatic heterocycles. The molecule has 0 spiro atoms. The summed E-state index contributed by atoms with van der Waals surface area (Å²) in [4.78, 5) is 49.4. The van der Waals surface area contributed by atoms with Crippen LogP contribution in [0.15, 0.2) is 445 Å². The molecule has 0 bridgehead atoms. The first-order valence-corrected chi connectivity index (χ1v) is 43.7. The highest BCUT2D eigenvalue weighted by Crippen LogP contribution is 2.44. The Morgan fingerprint density at radius 2 is 0.485 bits per heavy atom. The van der Waals surface area contributed by atoms with Crippen LogP contribution < -0.4 is 0 Å². The van der Waals surface area contributed by atoms with Gasteiger partial charge in [0.1, 0.15) is 45.0 Å². The van der Waals surface area contributed by atoms with Crippen LogP contribution in [-0.4, -0.2) is 63.5 Å². The molecule has 0 aliphatic rings. The molecule has 132 heavy (non-hydrogen) atoms. The van der Waals surface area contributed by atoms with E-state index in [0.717, 1.165) is 222 Å². The molecule has 0 saturated carbocycles. The van der Waals surface area contributed by atoms with E-state index in [-0.39, 0.29) is 0 Å². The number of para-hydroxylation sites is 6. The third-order valence-electron chi connectivity index (χ3n) is 24.7. The van der Waals surface area contributed by atoms with Gasteiger partial charge in [-0.15, -0.1) is 0 Å². The largest absolute Gasteiger partial charge is 0.456 e. The second kappa shape index (κ2) is 32.0. The maximum absolute atomic E-state index is 6.24. The Bertz CT molecular complexity index is 8100. The van der Waals surface area contributed by atoms with Crippen molar-refractivity contribution in [3.05, 3.63) is 431 Å². The molecule has 0 N–H and O–H groups in total. The zero-order valence-corrected chi connectivity index (χ0v) is 70.5. The minimum Gasteiger partial charge on any atom is -0.456 e. The molecular formula is C116H71N13O3. The Morgan fingerprint density at radius 3 is 0.879 bits per heavy atom. The lowest BCUT2D eigenvalue weighted by Crippen LogP contribution is -2.02. The molecule has 0 atom stereocenters. The van der Waals surface area contributed by atoms with Crippen molar-refractivity contribution in [2.24, 2.45) is 0 Å². The third-order valence-corrected chi connectivity index (χ3v) is 24.7. The van der Waals surface area contributed by atoms with Crippen molar-refractivity contribution in [1.82, 2.24) is 63.5 Å².